The monoisotopic (exact) mass is 383 g/mol. The summed E-state index contributed by atoms with van der Waals surface area (Å²) in [6, 6.07) is 1.08. The maximum absolute atomic E-state index is 5.57. The van der Waals surface area contributed by atoms with Crippen LogP contribution in [0.2, 0.25) is 0 Å². The Morgan fingerprint density at radius 2 is 2.08 bits per heavy atom. The predicted octanol–water partition coefficient (Wildman–Crippen LogP) is 1.09. The van der Waals surface area contributed by atoms with Crippen LogP contribution in [-0.2, 0) is 4.74 Å². The fourth-order valence-corrected chi connectivity index (χ4v) is 5.84. The molecule has 3 saturated heterocycles. The Bertz CT molecular complexity index is 475. The van der Waals surface area contributed by atoms with Crippen LogP contribution < -0.4 is 10.6 Å². The smallest absolute Gasteiger partial charge is 0.191 e. The van der Waals surface area contributed by atoms with Gasteiger partial charge in [0.1, 0.15) is 0 Å². The first-order valence-electron chi connectivity index (χ1n) is 10.2. The highest BCUT2D eigenvalue weighted by molar-refractivity contribution is 7.99. The zero-order valence-corrected chi connectivity index (χ0v) is 17.8. The summed E-state index contributed by atoms with van der Waals surface area (Å²) >= 11 is 2.08. The minimum atomic E-state index is 0.247. The highest BCUT2D eigenvalue weighted by Crippen LogP contribution is 2.33. The van der Waals surface area contributed by atoms with Crippen LogP contribution in [0.5, 0.6) is 0 Å². The third-order valence-corrected chi connectivity index (χ3v) is 7.50. The van der Waals surface area contributed by atoms with Crippen molar-refractivity contribution in [2.45, 2.75) is 44.8 Å². The van der Waals surface area contributed by atoms with E-state index in [4.69, 9.17) is 4.74 Å². The van der Waals surface area contributed by atoms with Crippen molar-refractivity contribution in [3.63, 3.8) is 0 Å². The molecule has 3 aliphatic rings. The molecule has 0 amide bonds. The lowest BCUT2D eigenvalue weighted by Crippen LogP contribution is -2.60. The van der Waals surface area contributed by atoms with Crippen LogP contribution in [0.3, 0.4) is 0 Å². The minimum Gasteiger partial charge on any atom is -0.379 e. The van der Waals surface area contributed by atoms with Crippen LogP contribution in [0.25, 0.3) is 0 Å². The third kappa shape index (κ3) is 4.66. The van der Waals surface area contributed by atoms with Crippen molar-refractivity contribution in [3.8, 4) is 0 Å². The van der Waals surface area contributed by atoms with E-state index < -0.39 is 0 Å². The predicted molar refractivity (Wildman–Crippen MR) is 111 cm³/mol. The standard InChI is InChI=1S/C19H37N5OS/c1-15(2)23-11-16(3)17(12-23)22-18(20-4)21-13-19(5-10-26-14-19)24-6-8-25-9-7-24/h15-17H,5-14H2,1-4H3,(H2,20,21,22). The van der Waals surface area contributed by atoms with Gasteiger partial charge in [0, 0.05) is 63.1 Å². The maximum Gasteiger partial charge on any atom is 0.191 e. The summed E-state index contributed by atoms with van der Waals surface area (Å²) in [6.45, 7) is 14.0. The van der Waals surface area contributed by atoms with Crippen molar-refractivity contribution in [2.24, 2.45) is 10.9 Å². The van der Waals surface area contributed by atoms with Gasteiger partial charge in [-0.1, -0.05) is 6.92 Å². The molecule has 3 rings (SSSR count). The summed E-state index contributed by atoms with van der Waals surface area (Å²) in [4.78, 5) is 9.72. The quantitative estimate of drug-likeness (QED) is 0.548. The summed E-state index contributed by atoms with van der Waals surface area (Å²) in [5.74, 6) is 4.06. The summed E-state index contributed by atoms with van der Waals surface area (Å²) in [6.07, 6.45) is 1.25. The number of nitrogens with one attached hydrogen (secondary N) is 2. The molecule has 3 unspecified atom stereocenters. The van der Waals surface area contributed by atoms with Gasteiger partial charge in [0.2, 0.25) is 0 Å². The number of hydrogen-bond donors (Lipinski definition) is 2. The van der Waals surface area contributed by atoms with Crippen LogP contribution >= 0.6 is 11.8 Å². The molecular weight excluding hydrogens is 346 g/mol. The van der Waals surface area contributed by atoms with Crippen LogP contribution in [0.4, 0.5) is 0 Å². The number of hydrogen-bond acceptors (Lipinski definition) is 5. The van der Waals surface area contributed by atoms with E-state index in [1.54, 1.807) is 0 Å². The number of ether oxygens (including phenoxy) is 1. The molecule has 0 radical (unpaired) electrons. The molecule has 3 heterocycles. The summed E-state index contributed by atoms with van der Waals surface area (Å²) in [7, 11) is 1.89. The van der Waals surface area contributed by atoms with Crippen LogP contribution in [0.1, 0.15) is 27.2 Å². The fourth-order valence-electron chi connectivity index (χ4n) is 4.37. The second-order valence-electron chi connectivity index (χ2n) is 8.33. The number of aliphatic imine (C=N–C) groups is 1. The van der Waals surface area contributed by atoms with Crippen molar-refractivity contribution < 1.29 is 4.74 Å². The summed E-state index contributed by atoms with van der Waals surface area (Å²) < 4.78 is 5.57. The van der Waals surface area contributed by atoms with E-state index in [-0.39, 0.29) is 5.54 Å². The third-order valence-electron chi connectivity index (χ3n) is 6.27. The summed E-state index contributed by atoms with van der Waals surface area (Å²) in [5, 5.41) is 7.36. The molecule has 150 valence electrons. The summed E-state index contributed by atoms with van der Waals surface area (Å²) in [5.41, 5.74) is 0.247. The fraction of sp³-hybridized carbons (Fsp3) is 0.947. The molecule has 0 aliphatic carbocycles. The van der Waals surface area contributed by atoms with E-state index in [9.17, 15) is 0 Å². The molecule has 2 N–H and O–H groups in total. The van der Waals surface area contributed by atoms with E-state index in [0.29, 0.717) is 18.0 Å². The van der Waals surface area contributed by atoms with Crippen LogP contribution in [0, 0.1) is 5.92 Å². The minimum absolute atomic E-state index is 0.247. The molecule has 0 aromatic rings. The average molecular weight is 384 g/mol. The Balaban J connectivity index is 1.56. The molecular formula is C19H37N5OS. The van der Waals surface area contributed by atoms with E-state index in [2.05, 4.69) is 58.0 Å². The molecule has 3 aliphatic heterocycles. The van der Waals surface area contributed by atoms with Gasteiger partial charge in [0.05, 0.1) is 13.2 Å². The first kappa shape index (κ1) is 20.2. The lowest BCUT2D eigenvalue weighted by molar-refractivity contribution is -0.0120. The molecule has 3 atom stereocenters. The van der Waals surface area contributed by atoms with E-state index >= 15 is 0 Å². The Morgan fingerprint density at radius 3 is 2.65 bits per heavy atom. The SMILES string of the molecule is CN=C(NCC1(N2CCOCC2)CCSC1)NC1CN(C(C)C)CC1C. The first-order valence-corrected chi connectivity index (χ1v) is 11.3. The molecule has 3 fully saturated rings. The van der Waals surface area contributed by atoms with Crippen molar-refractivity contribution >= 4 is 17.7 Å². The normalized spacial score (nSPS) is 34.6. The molecule has 0 spiro atoms. The second-order valence-corrected chi connectivity index (χ2v) is 9.43. The maximum atomic E-state index is 5.57. The number of guanidine groups is 1. The van der Waals surface area contributed by atoms with Gasteiger partial charge in [0.25, 0.3) is 0 Å². The molecule has 6 nitrogen and oxygen atoms in total. The van der Waals surface area contributed by atoms with Crippen molar-refractivity contribution in [2.75, 3.05) is 64.5 Å². The van der Waals surface area contributed by atoms with Gasteiger partial charge in [-0.2, -0.15) is 11.8 Å². The van der Waals surface area contributed by atoms with Gasteiger partial charge < -0.3 is 15.4 Å². The highest BCUT2D eigenvalue weighted by atomic mass is 32.2. The second kappa shape index (κ2) is 9.13. The molecule has 0 bridgehead atoms. The van der Waals surface area contributed by atoms with Crippen molar-refractivity contribution in [1.29, 1.82) is 0 Å². The molecule has 0 aromatic heterocycles. The lowest BCUT2D eigenvalue weighted by atomic mass is 9.95. The first-order chi connectivity index (χ1) is 12.5. The highest BCUT2D eigenvalue weighted by Gasteiger charge is 2.41. The zero-order valence-electron chi connectivity index (χ0n) is 17.0. The van der Waals surface area contributed by atoms with Crippen molar-refractivity contribution in [3.05, 3.63) is 0 Å². The molecule has 7 heteroatoms. The van der Waals surface area contributed by atoms with E-state index in [0.717, 1.165) is 45.4 Å². The Labute approximate surface area is 163 Å². The van der Waals surface area contributed by atoms with Gasteiger partial charge >= 0.3 is 0 Å². The number of rotatable bonds is 5. The number of thioether (sulfide) groups is 1. The topological polar surface area (TPSA) is 52.1 Å². The Kier molecular flexibility index (Phi) is 7.11. The molecule has 0 saturated carbocycles. The lowest BCUT2D eigenvalue weighted by Gasteiger charge is -2.43. The van der Waals surface area contributed by atoms with Gasteiger partial charge in [-0.05, 0) is 31.9 Å². The largest absolute Gasteiger partial charge is 0.379 e. The van der Waals surface area contributed by atoms with E-state index in [1.165, 1.54) is 24.5 Å². The molecule has 26 heavy (non-hydrogen) atoms. The number of likely N-dealkylation sites (tertiary alicyclic amines) is 1. The van der Waals surface area contributed by atoms with Gasteiger partial charge in [-0.15, -0.1) is 0 Å². The van der Waals surface area contributed by atoms with Crippen LogP contribution in [-0.4, -0.2) is 97.9 Å². The molecule has 0 aromatic carbocycles. The van der Waals surface area contributed by atoms with Gasteiger partial charge in [0.15, 0.2) is 5.96 Å². The number of nitrogens with zero attached hydrogens (tertiary/aromatic N) is 3. The van der Waals surface area contributed by atoms with Gasteiger partial charge in [-0.3, -0.25) is 14.8 Å². The van der Waals surface area contributed by atoms with Crippen LogP contribution in [0.15, 0.2) is 4.99 Å². The van der Waals surface area contributed by atoms with E-state index in [1.807, 2.05) is 7.05 Å². The number of morpholine rings is 1. The Hall–Kier alpha value is -0.500. The average Bonchev–Trinajstić information content (AvgIpc) is 3.27. The van der Waals surface area contributed by atoms with Gasteiger partial charge in [-0.25, -0.2) is 0 Å². The van der Waals surface area contributed by atoms with Crippen molar-refractivity contribution in [1.82, 2.24) is 20.4 Å². The zero-order chi connectivity index (χ0) is 18.6. The Morgan fingerprint density at radius 1 is 1.31 bits per heavy atom.